The fourth-order valence-corrected chi connectivity index (χ4v) is 0.913. The van der Waals surface area contributed by atoms with Crippen LogP contribution in [0.5, 0.6) is 0 Å². The third-order valence-electron chi connectivity index (χ3n) is 1.47. The van der Waals surface area contributed by atoms with Gasteiger partial charge in [0.05, 0.1) is 5.56 Å². The zero-order valence-electron chi connectivity index (χ0n) is 6.69. The van der Waals surface area contributed by atoms with Crippen LogP contribution in [-0.4, -0.2) is 17.5 Å². The molecule has 0 aliphatic rings. The van der Waals surface area contributed by atoms with E-state index in [2.05, 4.69) is 0 Å². The third-order valence-corrected chi connectivity index (χ3v) is 1.47. The predicted molar refractivity (Wildman–Crippen MR) is 45.7 cm³/mol. The van der Waals surface area contributed by atoms with Crippen molar-refractivity contribution in [3.63, 3.8) is 0 Å². The molecule has 0 saturated carbocycles. The fraction of sp³-hybridized carbons (Fsp3) is 0.111. The highest BCUT2D eigenvalue weighted by Gasteiger charge is 2.07. The Kier molecular flexibility index (Phi) is 2.44. The molecule has 0 aliphatic carbocycles. The van der Waals surface area contributed by atoms with E-state index in [4.69, 9.17) is 5.26 Å². The van der Waals surface area contributed by atoms with E-state index in [0.29, 0.717) is 10.3 Å². The first-order valence-electron chi connectivity index (χ1n) is 3.49. The van der Waals surface area contributed by atoms with Crippen molar-refractivity contribution in [1.82, 2.24) is 0 Å². The first-order valence-corrected chi connectivity index (χ1v) is 3.49. The molecule has 0 amide bonds. The smallest absolute Gasteiger partial charge is 0.296 e. The monoisotopic (exact) mass is 160 g/mol. The number of hydrogen-bond acceptors (Lipinski definition) is 2. The van der Waals surface area contributed by atoms with Crippen LogP contribution in [0.25, 0.3) is 0 Å². The molecule has 12 heavy (non-hydrogen) atoms. The van der Waals surface area contributed by atoms with Crippen LogP contribution in [0.4, 0.5) is 0 Å². The van der Waals surface area contributed by atoms with Crippen LogP contribution in [0.15, 0.2) is 30.3 Å². The van der Waals surface area contributed by atoms with Gasteiger partial charge in [0.15, 0.2) is 6.07 Å². The van der Waals surface area contributed by atoms with Crippen LogP contribution in [0.3, 0.4) is 0 Å². The molecule has 1 aromatic carbocycles. The van der Waals surface area contributed by atoms with Gasteiger partial charge in [0.2, 0.25) is 0 Å². The highest BCUT2D eigenvalue weighted by molar-refractivity contribution is 6.08. The minimum Gasteiger partial charge on any atom is -0.623 e. The van der Waals surface area contributed by atoms with Crippen molar-refractivity contribution in [2.75, 3.05) is 7.05 Å². The minimum atomic E-state index is 0.135. The van der Waals surface area contributed by atoms with Crippen LogP contribution >= 0.6 is 0 Å². The van der Waals surface area contributed by atoms with Crippen molar-refractivity contribution in [2.24, 2.45) is 0 Å². The Hall–Kier alpha value is -1.82. The zero-order valence-corrected chi connectivity index (χ0v) is 6.69. The van der Waals surface area contributed by atoms with Crippen molar-refractivity contribution in [3.05, 3.63) is 41.1 Å². The number of hydroxylamine groups is 1. The van der Waals surface area contributed by atoms with E-state index in [1.165, 1.54) is 7.05 Å². The zero-order chi connectivity index (χ0) is 8.97. The van der Waals surface area contributed by atoms with Gasteiger partial charge in [-0.3, -0.25) is 0 Å². The SMILES string of the molecule is C/[N+]([O-])=C(\C#N)c1ccccc1. The Balaban J connectivity index is 3.17. The lowest BCUT2D eigenvalue weighted by Gasteiger charge is -1.98. The largest absolute Gasteiger partial charge is 0.623 e. The lowest BCUT2D eigenvalue weighted by molar-refractivity contribution is -0.420. The van der Waals surface area contributed by atoms with E-state index in [-0.39, 0.29) is 5.71 Å². The van der Waals surface area contributed by atoms with Gasteiger partial charge in [-0.25, -0.2) is 0 Å². The molecule has 60 valence electrons. The molecule has 0 aliphatic heterocycles. The van der Waals surface area contributed by atoms with Crippen molar-refractivity contribution >= 4 is 5.71 Å². The molecule has 0 spiro atoms. The van der Waals surface area contributed by atoms with E-state index in [1.54, 1.807) is 24.3 Å². The van der Waals surface area contributed by atoms with Gasteiger partial charge >= 0.3 is 0 Å². The number of benzene rings is 1. The lowest BCUT2D eigenvalue weighted by Crippen LogP contribution is -2.10. The van der Waals surface area contributed by atoms with Crippen LogP contribution in [0, 0.1) is 16.5 Å². The van der Waals surface area contributed by atoms with Gasteiger partial charge in [-0.15, -0.1) is 0 Å². The van der Waals surface area contributed by atoms with Crippen LogP contribution in [0.2, 0.25) is 0 Å². The minimum absolute atomic E-state index is 0.135. The summed E-state index contributed by atoms with van der Waals surface area (Å²) in [5.41, 5.74) is 0.785. The Bertz CT molecular complexity index is 331. The summed E-state index contributed by atoms with van der Waals surface area (Å²) < 4.78 is 0.565. The molecule has 1 rings (SSSR count). The summed E-state index contributed by atoms with van der Waals surface area (Å²) in [5, 5.41) is 19.5. The molecular weight excluding hydrogens is 152 g/mol. The second-order valence-electron chi connectivity index (χ2n) is 2.32. The quantitative estimate of drug-likeness (QED) is 0.268. The van der Waals surface area contributed by atoms with Gasteiger partial charge in [-0.1, -0.05) is 18.2 Å². The van der Waals surface area contributed by atoms with Crippen molar-refractivity contribution in [1.29, 1.82) is 5.26 Å². The fourth-order valence-electron chi connectivity index (χ4n) is 0.913. The summed E-state index contributed by atoms with van der Waals surface area (Å²) in [5.74, 6) is 0. The molecule has 0 atom stereocenters. The summed E-state index contributed by atoms with van der Waals surface area (Å²) in [6.07, 6.45) is 0. The van der Waals surface area contributed by atoms with Crippen molar-refractivity contribution < 1.29 is 4.74 Å². The molecular formula is C9H8N2O. The van der Waals surface area contributed by atoms with Crippen LogP contribution < -0.4 is 0 Å². The maximum absolute atomic E-state index is 10.8. The molecule has 0 bridgehead atoms. The van der Waals surface area contributed by atoms with E-state index in [1.807, 2.05) is 12.1 Å². The molecule has 0 fully saturated rings. The molecule has 0 saturated heterocycles. The average molecular weight is 160 g/mol. The first-order chi connectivity index (χ1) is 5.75. The Labute approximate surface area is 70.8 Å². The highest BCUT2D eigenvalue weighted by atomic mass is 16.5. The van der Waals surface area contributed by atoms with Gasteiger partial charge in [-0.2, -0.15) is 10.0 Å². The topological polar surface area (TPSA) is 49.9 Å². The average Bonchev–Trinajstić information content (AvgIpc) is 2.07. The summed E-state index contributed by atoms with van der Waals surface area (Å²) in [7, 11) is 1.31. The second-order valence-corrected chi connectivity index (χ2v) is 2.32. The predicted octanol–water partition coefficient (Wildman–Crippen LogP) is 1.14. The Morgan fingerprint density at radius 3 is 2.42 bits per heavy atom. The Morgan fingerprint density at radius 1 is 1.42 bits per heavy atom. The number of nitriles is 1. The van der Waals surface area contributed by atoms with Gasteiger partial charge in [-0.05, 0) is 12.1 Å². The van der Waals surface area contributed by atoms with E-state index in [0.717, 1.165) is 0 Å². The second kappa shape index (κ2) is 3.54. The summed E-state index contributed by atoms with van der Waals surface area (Å²) in [6, 6.07) is 10.7. The third kappa shape index (κ3) is 1.61. The van der Waals surface area contributed by atoms with Crippen molar-refractivity contribution in [2.45, 2.75) is 0 Å². The molecule has 0 heterocycles. The van der Waals surface area contributed by atoms with Crippen molar-refractivity contribution in [3.8, 4) is 6.07 Å². The van der Waals surface area contributed by atoms with Gasteiger partial charge in [0.25, 0.3) is 5.71 Å². The van der Waals surface area contributed by atoms with Crippen LogP contribution in [-0.2, 0) is 0 Å². The number of hydrogen-bond donors (Lipinski definition) is 0. The van der Waals surface area contributed by atoms with Gasteiger partial charge in [0, 0.05) is 0 Å². The maximum atomic E-state index is 10.8. The molecule has 1 aromatic rings. The van der Waals surface area contributed by atoms with Gasteiger partial charge in [0.1, 0.15) is 7.05 Å². The van der Waals surface area contributed by atoms with E-state index >= 15 is 0 Å². The molecule has 0 aromatic heterocycles. The van der Waals surface area contributed by atoms with E-state index in [9.17, 15) is 5.21 Å². The molecule has 0 N–H and O–H groups in total. The number of nitrogens with zero attached hydrogens (tertiary/aromatic N) is 2. The van der Waals surface area contributed by atoms with E-state index < -0.39 is 0 Å². The number of rotatable bonds is 1. The standard InChI is InChI=1S/C9H8N2O/c1-11(12)9(7-10)8-5-3-2-4-6-8/h2-6H,1H3/b11-9-. The molecule has 3 heteroatoms. The Morgan fingerprint density at radius 2 is 2.00 bits per heavy atom. The molecule has 3 nitrogen and oxygen atoms in total. The summed E-state index contributed by atoms with van der Waals surface area (Å²) >= 11 is 0. The molecule has 0 unspecified atom stereocenters. The normalized spacial score (nSPS) is 11.7. The lowest BCUT2D eigenvalue weighted by atomic mass is 10.1. The first kappa shape index (κ1) is 8.28. The summed E-state index contributed by atoms with van der Waals surface area (Å²) in [6.45, 7) is 0. The maximum Gasteiger partial charge on any atom is 0.296 e. The molecule has 0 radical (unpaired) electrons. The van der Waals surface area contributed by atoms with Gasteiger partial charge < -0.3 is 5.21 Å². The van der Waals surface area contributed by atoms with Crippen LogP contribution in [0.1, 0.15) is 5.56 Å². The summed E-state index contributed by atoms with van der Waals surface area (Å²) in [4.78, 5) is 0. The highest BCUT2D eigenvalue weighted by Crippen LogP contribution is 1.99.